The van der Waals surface area contributed by atoms with Crippen molar-refractivity contribution in [2.24, 2.45) is 0 Å². The number of carbonyl (C=O) groups is 1. The molecule has 0 radical (unpaired) electrons. The number of hydrogen-bond donors (Lipinski definition) is 2. The van der Waals surface area contributed by atoms with Gasteiger partial charge in [0.05, 0.1) is 15.1 Å². The minimum absolute atomic E-state index is 0.00619. The van der Waals surface area contributed by atoms with Crippen LogP contribution in [0.1, 0.15) is 29.3 Å². The molecule has 0 aliphatic carbocycles. The molecule has 0 aliphatic rings. The van der Waals surface area contributed by atoms with E-state index >= 15 is 0 Å². The topological polar surface area (TPSA) is 75.1 Å². The summed E-state index contributed by atoms with van der Waals surface area (Å²) in [6.45, 7) is 8.00. The Labute approximate surface area is 182 Å². The zero-order valence-electron chi connectivity index (χ0n) is 16.3. The number of nitrogens with zero attached hydrogens (tertiary/aromatic N) is 2. The van der Waals surface area contributed by atoms with Crippen LogP contribution in [0.25, 0.3) is 10.7 Å². The Hall–Kier alpha value is -2.51. The average molecular weight is 472 g/mol. The summed E-state index contributed by atoms with van der Waals surface area (Å²) in [5.74, 6) is 0.600. The van der Waals surface area contributed by atoms with E-state index in [1.54, 1.807) is 11.3 Å². The van der Waals surface area contributed by atoms with Gasteiger partial charge in [-0.05, 0) is 65.0 Å². The molecule has 0 saturated carbocycles. The van der Waals surface area contributed by atoms with Crippen LogP contribution in [0, 0.1) is 6.92 Å². The molecule has 7 heteroatoms. The van der Waals surface area contributed by atoms with Gasteiger partial charge in [-0.25, -0.2) is 9.97 Å². The molecule has 1 aromatic carbocycles. The van der Waals surface area contributed by atoms with E-state index in [-0.39, 0.29) is 6.42 Å². The SMILES string of the molecule is C=CCc1c(CC)nc(-c2cc(C)c(Br)s2)nc1Nc1ccc(CC(=O)O)cc1. The Morgan fingerprint density at radius 2 is 2.03 bits per heavy atom. The predicted octanol–water partition coefficient (Wildman–Crippen LogP) is 5.94. The third-order valence-corrected chi connectivity index (χ3v) is 6.56. The highest BCUT2D eigenvalue weighted by molar-refractivity contribution is 9.11. The first-order valence-corrected chi connectivity index (χ1v) is 10.9. The minimum atomic E-state index is -0.843. The van der Waals surface area contributed by atoms with Crippen LogP contribution >= 0.6 is 27.3 Å². The summed E-state index contributed by atoms with van der Waals surface area (Å²) in [5.41, 5.74) is 4.77. The van der Waals surface area contributed by atoms with E-state index in [0.29, 0.717) is 12.2 Å². The number of rotatable bonds is 8. The Morgan fingerprint density at radius 3 is 2.59 bits per heavy atom. The molecule has 29 heavy (non-hydrogen) atoms. The summed E-state index contributed by atoms with van der Waals surface area (Å²) in [6, 6.07) is 9.45. The number of aryl methyl sites for hydroxylation is 2. The van der Waals surface area contributed by atoms with E-state index in [9.17, 15) is 4.79 Å². The monoisotopic (exact) mass is 471 g/mol. The lowest BCUT2D eigenvalue weighted by Gasteiger charge is -2.15. The molecule has 5 nitrogen and oxygen atoms in total. The smallest absolute Gasteiger partial charge is 0.307 e. The lowest BCUT2D eigenvalue weighted by atomic mass is 10.1. The molecule has 2 heterocycles. The van der Waals surface area contributed by atoms with Crippen LogP contribution in [0.4, 0.5) is 11.5 Å². The maximum atomic E-state index is 10.9. The predicted molar refractivity (Wildman–Crippen MR) is 122 cm³/mol. The van der Waals surface area contributed by atoms with Crippen molar-refractivity contribution in [2.75, 3.05) is 5.32 Å². The number of hydrogen-bond acceptors (Lipinski definition) is 5. The second-order valence-electron chi connectivity index (χ2n) is 6.63. The number of aliphatic carboxylic acids is 1. The molecule has 0 amide bonds. The molecule has 3 rings (SSSR count). The van der Waals surface area contributed by atoms with Crippen molar-refractivity contribution in [3.05, 3.63) is 69.2 Å². The highest BCUT2D eigenvalue weighted by Gasteiger charge is 2.16. The van der Waals surface area contributed by atoms with Gasteiger partial charge in [0, 0.05) is 16.9 Å². The molecule has 2 aromatic heterocycles. The normalized spacial score (nSPS) is 10.7. The van der Waals surface area contributed by atoms with Crippen molar-refractivity contribution in [3.8, 4) is 10.7 Å². The van der Waals surface area contributed by atoms with Gasteiger partial charge in [0.1, 0.15) is 5.82 Å². The van der Waals surface area contributed by atoms with Crippen LogP contribution in [0.5, 0.6) is 0 Å². The minimum Gasteiger partial charge on any atom is -0.481 e. The highest BCUT2D eigenvalue weighted by atomic mass is 79.9. The summed E-state index contributed by atoms with van der Waals surface area (Å²) in [4.78, 5) is 21.5. The Bertz CT molecular complexity index is 1030. The van der Waals surface area contributed by atoms with Gasteiger partial charge in [-0.3, -0.25) is 4.79 Å². The molecular formula is C22H22BrN3O2S. The van der Waals surface area contributed by atoms with E-state index in [0.717, 1.165) is 49.0 Å². The number of benzene rings is 1. The molecule has 150 valence electrons. The molecule has 0 bridgehead atoms. The first kappa shape index (κ1) is 21.2. The van der Waals surface area contributed by atoms with Crippen LogP contribution in [0.15, 0.2) is 46.8 Å². The van der Waals surface area contributed by atoms with Gasteiger partial charge in [-0.15, -0.1) is 17.9 Å². The Kier molecular flexibility index (Phi) is 6.82. The van der Waals surface area contributed by atoms with Crippen molar-refractivity contribution in [1.29, 1.82) is 0 Å². The first-order valence-electron chi connectivity index (χ1n) is 9.26. The maximum Gasteiger partial charge on any atom is 0.307 e. The summed E-state index contributed by atoms with van der Waals surface area (Å²) in [7, 11) is 0. The average Bonchev–Trinajstić information content (AvgIpc) is 3.03. The molecule has 0 unspecified atom stereocenters. The molecule has 0 spiro atoms. The molecule has 3 aromatic rings. The number of nitrogens with one attached hydrogen (secondary N) is 1. The van der Waals surface area contributed by atoms with E-state index < -0.39 is 5.97 Å². The zero-order valence-corrected chi connectivity index (χ0v) is 18.7. The number of carboxylic acid groups (broad SMARTS) is 1. The molecule has 0 fully saturated rings. The summed E-state index contributed by atoms with van der Waals surface area (Å²) in [5, 5.41) is 12.3. The highest BCUT2D eigenvalue weighted by Crippen LogP contribution is 2.35. The van der Waals surface area contributed by atoms with Gasteiger partial charge in [-0.2, -0.15) is 0 Å². The third-order valence-electron chi connectivity index (χ3n) is 4.43. The molecule has 0 aliphatic heterocycles. The summed E-state index contributed by atoms with van der Waals surface area (Å²) < 4.78 is 1.08. The van der Waals surface area contributed by atoms with E-state index in [1.165, 1.54) is 0 Å². The number of allylic oxidation sites excluding steroid dienone is 1. The van der Waals surface area contributed by atoms with Crippen LogP contribution in [0.3, 0.4) is 0 Å². The largest absolute Gasteiger partial charge is 0.481 e. The second kappa shape index (κ2) is 9.33. The van der Waals surface area contributed by atoms with Crippen molar-refractivity contribution >= 4 is 44.7 Å². The lowest BCUT2D eigenvalue weighted by molar-refractivity contribution is -0.136. The molecular weight excluding hydrogens is 450 g/mol. The fraction of sp³-hybridized carbons (Fsp3) is 0.227. The first-order chi connectivity index (χ1) is 13.9. The summed E-state index contributed by atoms with van der Waals surface area (Å²) in [6.07, 6.45) is 3.31. The van der Waals surface area contributed by atoms with E-state index in [1.807, 2.05) is 30.3 Å². The summed E-state index contributed by atoms with van der Waals surface area (Å²) >= 11 is 5.19. The molecule has 2 N–H and O–H groups in total. The number of aromatic nitrogens is 2. The van der Waals surface area contributed by atoms with Gasteiger partial charge in [0.15, 0.2) is 5.82 Å². The number of thiophene rings is 1. The van der Waals surface area contributed by atoms with Gasteiger partial charge >= 0.3 is 5.97 Å². The van der Waals surface area contributed by atoms with Crippen LogP contribution in [-0.4, -0.2) is 21.0 Å². The van der Waals surface area contributed by atoms with Crippen LogP contribution in [-0.2, 0) is 24.1 Å². The molecule has 0 saturated heterocycles. The zero-order chi connectivity index (χ0) is 21.0. The lowest BCUT2D eigenvalue weighted by Crippen LogP contribution is -2.07. The van der Waals surface area contributed by atoms with Crippen molar-refractivity contribution in [1.82, 2.24) is 9.97 Å². The molecule has 0 atom stereocenters. The number of halogens is 1. The number of anilines is 2. The van der Waals surface area contributed by atoms with E-state index in [4.69, 9.17) is 15.1 Å². The Morgan fingerprint density at radius 1 is 1.31 bits per heavy atom. The Balaban J connectivity index is 2.01. The van der Waals surface area contributed by atoms with Gasteiger partial charge < -0.3 is 10.4 Å². The third kappa shape index (κ3) is 5.10. The van der Waals surface area contributed by atoms with Gasteiger partial charge in [0.2, 0.25) is 0 Å². The van der Waals surface area contributed by atoms with E-state index in [2.05, 4.69) is 47.7 Å². The quantitative estimate of drug-likeness (QED) is 0.397. The van der Waals surface area contributed by atoms with Crippen molar-refractivity contribution in [3.63, 3.8) is 0 Å². The van der Waals surface area contributed by atoms with Crippen LogP contribution < -0.4 is 5.32 Å². The van der Waals surface area contributed by atoms with Crippen molar-refractivity contribution < 1.29 is 9.90 Å². The van der Waals surface area contributed by atoms with Crippen molar-refractivity contribution in [2.45, 2.75) is 33.1 Å². The van der Waals surface area contributed by atoms with Gasteiger partial charge in [-0.1, -0.05) is 25.1 Å². The fourth-order valence-corrected chi connectivity index (χ4v) is 4.45. The van der Waals surface area contributed by atoms with Gasteiger partial charge in [0.25, 0.3) is 0 Å². The fourth-order valence-electron chi connectivity index (χ4n) is 2.98. The second-order valence-corrected chi connectivity index (χ2v) is 9.00. The van der Waals surface area contributed by atoms with Crippen LogP contribution in [0.2, 0.25) is 0 Å². The standard InChI is InChI=1S/C22H22BrN3O2S/c1-4-6-16-17(5-2)25-22(18-11-13(3)20(23)29-18)26-21(16)24-15-9-7-14(8-10-15)12-19(27)28/h4,7-11H,1,5-6,12H2,2-3H3,(H,27,28)(H,24,25,26). The number of carboxylic acids is 1. The maximum absolute atomic E-state index is 10.9.